The van der Waals surface area contributed by atoms with E-state index in [0.29, 0.717) is 22.0 Å². The second kappa shape index (κ2) is 5.60. The first-order chi connectivity index (χ1) is 12.0. The van der Waals surface area contributed by atoms with Gasteiger partial charge in [0, 0.05) is 23.6 Å². The fourth-order valence-corrected chi connectivity index (χ4v) is 3.46. The fourth-order valence-electron chi connectivity index (χ4n) is 3.34. The van der Waals surface area contributed by atoms with Gasteiger partial charge in [-0.2, -0.15) is 0 Å². The summed E-state index contributed by atoms with van der Waals surface area (Å²) in [5.41, 5.74) is -0.0360. The number of carbonyl (C=O) groups excluding carboxylic acids is 3. The average molecular weight is 356 g/mol. The van der Waals surface area contributed by atoms with E-state index in [1.165, 1.54) is 4.90 Å². The molecule has 0 bridgehead atoms. The molecular weight excluding hydrogens is 342 g/mol. The molecule has 1 unspecified atom stereocenters. The van der Waals surface area contributed by atoms with Gasteiger partial charge in [0.25, 0.3) is 11.8 Å². The smallest absolute Gasteiger partial charge is 0.271 e. The molecule has 0 spiro atoms. The van der Waals surface area contributed by atoms with Gasteiger partial charge in [0.15, 0.2) is 0 Å². The van der Waals surface area contributed by atoms with E-state index in [2.05, 4.69) is 10.6 Å². The molecule has 0 saturated carbocycles. The van der Waals surface area contributed by atoms with Crippen LogP contribution in [-0.2, 0) is 9.59 Å². The molecule has 1 saturated heterocycles. The summed E-state index contributed by atoms with van der Waals surface area (Å²) in [7, 11) is 0. The number of carbonyl (C=O) groups is 3. The van der Waals surface area contributed by atoms with Crippen molar-refractivity contribution in [2.45, 2.75) is 18.5 Å². The monoisotopic (exact) mass is 355 g/mol. The topological polar surface area (TPSA) is 78.5 Å². The number of nitrogens with zero attached hydrogens (tertiary/aromatic N) is 1. The SMILES string of the molecule is O=C1NC2(C(=O)Nc3ccc(Cl)cc3)CCC(=O)N2c2ccccc21. The van der Waals surface area contributed by atoms with Gasteiger partial charge in [0.2, 0.25) is 11.6 Å². The summed E-state index contributed by atoms with van der Waals surface area (Å²) >= 11 is 5.86. The third kappa shape index (κ3) is 2.37. The maximum atomic E-state index is 13.0. The zero-order valence-corrected chi connectivity index (χ0v) is 13.8. The molecule has 0 aliphatic carbocycles. The van der Waals surface area contributed by atoms with Crippen LogP contribution in [0.4, 0.5) is 11.4 Å². The van der Waals surface area contributed by atoms with E-state index in [1.54, 1.807) is 48.5 Å². The quantitative estimate of drug-likeness (QED) is 0.869. The first-order valence-corrected chi connectivity index (χ1v) is 8.21. The summed E-state index contributed by atoms with van der Waals surface area (Å²) in [4.78, 5) is 39.4. The zero-order valence-electron chi connectivity index (χ0n) is 13.1. The molecule has 4 rings (SSSR count). The Bertz CT molecular complexity index is 897. The molecule has 7 heteroatoms. The highest BCUT2D eigenvalue weighted by Crippen LogP contribution is 2.39. The number of halogens is 1. The lowest BCUT2D eigenvalue weighted by Crippen LogP contribution is -2.68. The number of hydrogen-bond acceptors (Lipinski definition) is 3. The molecule has 2 aliphatic heterocycles. The van der Waals surface area contributed by atoms with Crippen LogP contribution in [-0.4, -0.2) is 23.4 Å². The molecule has 2 N–H and O–H groups in total. The molecule has 2 aliphatic rings. The van der Waals surface area contributed by atoms with Crippen molar-refractivity contribution in [3.8, 4) is 0 Å². The second-order valence-electron chi connectivity index (χ2n) is 6.02. The Kier molecular flexibility index (Phi) is 3.51. The maximum absolute atomic E-state index is 13.0. The number of hydrogen-bond donors (Lipinski definition) is 2. The minimum Gasteiger partial charge on any atom is -0.322 e. The predicted molar refractivity (Wildman–Crippen MR) is 93.4 cm³/mol. The van der Waals surface area contributed by atoms with Crippen molar-refractivity contribution in [1.82, 2.24) is 5.32 Å². The van der Waals surface area contributed by atoms with Crippen LogP contribution < -0.4 is 15.5 Å². The van der Waals surface area contributed by atoms with Crippen LogP contribution >= 0.6 is 11.6 Å². The van der Waals surface area contributed by atoms with Crippen molar-refractivity contribution in [2.24, 2.45) is 0 Å². The van der Waals surface area contributed by atoms with Gasteiger partial charge in [-0.05, 0) is 36.4 Å². The van der Waals surface area contributed by atoms with Gasteiger partial charge in [-0.3, -0.25) is 19.3 Å². The van der Waals surface area contributed by atoms with E-state index < -0.39 is 11.6 Å². The normalized spacial score (nSPS) is 21.4. The number of benzene rings is 2. The summed E-state index contributed by atoms with van der Waals surface area (Å²) in [6.45, 7) is 0. The molecule has 126 valence electrons. The lowest BCUT2D eigenvalue weighted by molar-refractivity contribution is -0.124. The lowest BCUT2D eigenvalue weighted by atomic mass is 9.98. The third-order valence-electron chi connectivity index (χ3n) is 4.52. The number of fused-ring (bicyclic) bond motifs is 3. The number of rotatable bonds is 2. The number of amides is 3. The van der Waals surface area contributed by atoms with E-state index >= 15 is 0 Å². The molecule has 3 amide bonds. The van der Waals surface area contributed by atoms with E-state index in [-0.39, 0.29) is 24.7 Å². The highest BCUT2D eigenvalue weighted by Gasteiger charge is 2.56. The van der Waals surface area contributed by atoms with Crippen molar-refractivity contribution in [1.29, 1.82) is 0 Å². The Morgan fingerprint density at radius 2 is 1.84 bits per heavy atom. The van der Waals surface area contributed by atoms with Crippen LogP contribution in [0.3, 0.4) is 0 Å². The van der Waals surface area contributed by atoms with Gasteiger partial charge in [-0.15, -0.1) is 0 Å². The third-order valence-corrected chi connectivity index (χ3v) is 4.77. The van der Waals surface area contributed by atoms with Crippen molar-refractivity contribution in [3.63, 3.8) is 0 Å². The van der Waals surface area contributed by atoms with Crippen LogP contribution in [0.2, 0.25) is 5.02 Å². The maximum Gasteiger partial charge on any atom is 0.271 e. The van der Waals surface area contributed by atoms with E-state index in [9.17, 15) is 14.4 Å². The van der Waals surface area contributed by atoms with Gasteiger partial charge < -0.3 is 10.6 Å². The fraction of sp³-hybridized carbons (Fsp3) is 0.167. The molecule has 25 heavy (non-hydrogen) atoms. The molecular formula is C18H14ClN3O3. The second-order valence-corrected chi connectivity index (χ2v) is 6.46. The largest absolute Gasteiger partial charge is 0.322 e. The zero-order chi connectivity index (χ0) is 17.6. The van der Waals surface area contributed by atoms with Crippen LogP contribution in [0.5, 0.6) is 0 Å². The van der Waals surface area contributed by atoms with E-state index in [4.69, 9.17) is 11.6 Å². The Morgan fingerprint density at radius 3 is 2.60 bits per heavy atom. The Morgan fingerprint density at radius 1 is 1.12 bits per heavy atom. The highest BCUT2D eigenvalue weighted by atomic mass is 35.5. The molecule has 6 nitrogen and oxygen atoms in total. The summed E-state index contributed by atoms with van der Waals surface area (Å²) in [5, 5.41) is 6.05. The van der Waals surface area contributed by atoms with Crippen molar-refractivity contribution >= 4 is 40.7 Å². The van der Waals surface area contributed by atoms with Gasteiger partial charge in [0.05, 0.1) is 11.3 Å². The number of anilines is 2. The van der Waals surface area contributed by atoms with E-state index in [1.807, 2.05) is 0 Å². The summed E-state index contributed by atoms with van der Waals surface area (Å²) in [6.07, 6.45) is 0.397. The van der Waals surface area contributed by atoms with Crippen molar-refractivity contribution < 1.29 is 14.4 Å². The van der Waals surface area contributed by atoms with Gasteiger partial charge >= 0.3 is 0 Å². The Hall–Kier alpha value is -2.86. The molecule has 1 atom stereocenters. The van der Waals surface area contributed by atoms with Gasteiger partial charge in [-0.1, -0.05) is 23.7 Å². The van der Waals surface area contributed by atoms with Gasteiger partial charge in [0.1, 0.15) is 0 Å². The van der Waals surface area contributed by atoms with Crippen LogP contribution in [0.25, 0.3) is 0 Å². The summed E-state index contributed by atoms with van der Waals surface area (Å²) in [5.74, 6) is -1.02. The number of para-hydroxylation sites is 1. The first kappa shape index (κ1) is 15.7. The molecule has 2 aromatic rings. The lowest BCUT2D eigenvalue weighted by Gasteiger charge is -2.41. The standard InChI is InChI=1S/C18H14ClN3O3/c19-11-5-7-12(8-6-11)20-17(25)18-10-9-15(23)22(18)14-4-2-1-3-13(14)16(24)21-18/h1-8H,9-10H2,(H,20,25)(H,21,24). The van der Waals surface area contributed by atoms with Crippen molar-refractivity contribution in [3.05, 3.63) is 59.1 Å². The van der Waals surface area contributed by atoms with Crippen LogP contribution in [0.1, 0.15) is 23.2 Å². The first-order valence-electron chi connectivity index (χ1n) is 7.83. The highest BCUT2D eigenvalue weighted by molar-refractivity contribution is 6.30. The van der Waals surface area contributed by atoms with E-state index in [0.717, 1.165) is 0 Å². The summed E-state index contributed by atoms with van der Waals surface area (Å²) < 4.78 is 0. The predicted octanol–water partition coefficient (Wildman–Crippen LogP) is 2.55. The molecule has 0 aromatic heterocycles. The van der Waals surface area contributed by atoms with Crippen LogP contribution in [0, 0.1) is 0 Å². The Labute approximate surface area is 148 Å². The van der Waals surface area contributed by atoms with Crippen molar-refractivity contribution in [2.75, 3.05) is 10.2 Å². The summed E-state index contributed by atoms with van der Waals surface area (Å²) in [6, 6.07) is 13.4. The minimum absolute atomic E-state index is 0.183. The Balaban J connectivity index is 1.74. The number of nitrogens with one attached hydrogen (secondary N) is 2. The molecule has 1 fully saturated rings. The van der Waals surface area contributed by atoms with Gasteiger partial charge in [-0.25, -0.2) is 0 Å². The minimum atomic E-state index is -1.41. The molecule has 2 aromatic carbocycles. The van der Waals surface area contributed by atoms with Crippen LogP contribution in [0.15, 0.2) is 48.5 Å². The molecule has 2 heterocycles. The molecule has 0 radical (unpaired) electrons. The average Bonchev–Trinajstić information content (AvgIpc) is 2.95.